The van der Waals surface area contributed by atoms with E-state index in [0.29, 0.717) is 5.56 Å². The van der Waals surface area contributed by atoms with E-state index in [2.05, 4.69) is 13.8 Å². The molecule has 2 saturated carbocycles. The minimum Gasteiger partial charge on any atom is -0.494 e. The van der Waals surface area contributed by atoms with E-state index in [-0.39, 0.29) is 12.1 Å². The van der Waals surface area contributed by atoms with Crippen molar-refractivity contribution >= 4 is 5.97 Å². The normalized spacial score (nSPS) is 25.1. The summed E-state index contributed by atoms with van der Waals surface area (Å²) in [5.41, 5.74) is 0.637. The van der Waals surface area contributed by atoms with Gasteiger partial charge in [-0.25, -0.2) is 4.79 Å². The molecule has 1 aromatic rings. The summed E-state index contributed by atoms with van der Waals surface area (Å²) in [4.78, 5) is 12.6. The van der Waals surface area contributed by atoms with Crippen molar-refractivity contribution in [2.45, 2.75) is 129 Å². The zero-order chi connectivity index (χ0) is 24.0. The van der Waals surface area contributed by atoms with Crippen LogP contribution in [0.15, 0.2) is 24.3 Å². The lowest BCUT2D eigenvalue weighted by Crippen LogP contribution is -2.24. The smallest absolute Gasteiger partial charge is 0.338 e. The highest BCUT2D eigenvalue weighted by atomic mass is 16.5. The summed E-state index contributed by atoms with van der Waals surface area (Å²) in [7, 11) is 0. The molecule has 0 radical (unpaired) electrons. The quantitative estimate of drug-likeness (QED) is 0.201. The lowest BCUT2D eigenvalue weighted by Gasteiger charge is -2.31. The average Bonchev–Trinajstić information content (AvgIpc) is 2.87. The molecule has 2 fully saturated rings. The SMILES string of the molecule is CCCCCC1CCCCC1CCCOc1ccc(C(=O)OC2CCC(CCCC)CC2)cc1. The standard InChI is InChI=1S/C31H50O3/c1-3-5-7-12-26-13-8-9-14-27(26)15-10-24-33-29-22-18-28(19-23-29)31(32)34-30-20-16-25(17-21-30)11-6-4-2/h18-19,22-23,25-27,30H,3-17,20-21,24H2,1-2H3. The monoisotopic (exact) mass is 470 g/mol. The highest BCUT2D eigenvalue weighted by Gasteiger charge is 2.25. The van der Waals surface area contributed by atoms with E-state index in [1.807, 2.05) is 24.3 Å². The fourth-order valence-corrected chi connectivity index (χ4v) is 6.17. The molecule has 0 heterocycles. The molecule has 2 unspecified atom stereocenters. The van der Waals surface area contributed by atoms with E-state index in [4.69, 9.17) is 9.47 Å². The second-order valence-corrected chi connectivity index (χ2v) is 11.0. The number of carbonyl (C=O) groups is 1. The zero-order valence-corrected chi connectivity index (χ0v) is 22.1. The van der Waals surface area contributed by atoms with Crippen LogP contribution in [-0.4, -0.2) is 18.7 Å². The number of carbonyl (C=O) groups excluding carboxylic acids is 1. The third-order valence-electron chi connectivity index (χ3n) is 8.36. The molecule has 0 amide bonds. The Kier molecular flexibility index (Phi) is 12.3. The van der Waals surface area contributed by atoms with Gasteiger partial charge in [0.2, 0.25) is 0 Å². The van der Waals surface area contributed by atoms with Crippen LogP contribution in [0.4, 0.5) is 0 Å². The number of unbranched alkanes of at least 4 members (excludes halogenated alkanes) is 3. The van der Waals surface area contributed by atoms with E-state index in [9.17, 15) is 4.79 Å². The molecule has 0 saturated heterocycles. The summed E-state index contributed by atoms with van der Waals surface area (Å²) in [6.45, 7) is 5.32. The van der Waals surface area contributed by atoms with Crippen LogP contribution in [-0.2, 0) is 4.74 Å². The second kappa shape index (κ2) is 15.5. The molecule has 2 atom stereocenters. The number of benzene rings is 1. The van der Waals surface area contributed by atoms with Gasteiger partial charge in [0.05, 0.1) is 12.2 Å². The number of rotatable bonds is 14. The van der Waals surface area contributed by atoms with Crippen LogP contribution in [0.5, 0.6) is 5.75 Å². The van der Waals surface area contributed by atoms with E-state index in [1.54, 1.807) is 0 Å². The molecule has 0 bridgehead atoms. The lowest BCUT2D eigenvalue weighted by molar-refractivity contribution is 0.0161. The maximum Gasteiger partial charge on any atom is 0.338 e. The molecular weight excluding hydrogens is 420 g/mol. The Morgan fingerprint density at radius 2 is 1.41 bits per heavy atom. The Labute approximate surface area is 209 Å². The van der Waals surface area contributed by atoms with Crippen molar-refractivity contribution < 1.29 is 14.3 Å². The maximum atomic E-state index is 12.6. The first-order valence-electron chi connectivity index (χ1n) is 14.6. The van der Waals surface area contributed by atoms with Crippen LogP contribution >= 0.6 is 0 Å². The first-order valence-corrected chi connectivity index (χ1v) is 14.6. The molecule has 0 N–H and O–H groups in total. The second-order valence-electron chi connectivity index (χ2n) is 11.0. The van der Waals surface area contributed by atoms with Crippen LogP contribution in [0.2, 0.25) is 0 Å². The first kappa shape index (κ1) is 27.1. The van der Waals surface area contributed by atoms with Gasteiger partial charge >= 0.3 is 5.97 Å². The van der Waals surface area contributed by atoms with Crippen LogP contribution in [0.1, 0.15) is 133 Å². The summed E-state index contributed by atoms with van der Waals surface area (Å²) in [5.74, 6) is 3.34. The van der Waals surface area contributed by atoms with Gasteiger partial charge in [0.25, 0.3) is 0 Å². The minimum atomic E-state index is -0.185. The molecule has 0 aliphatic heterocycles. The first-order chi connectivity index (χ1) is 16.7. The van der Waals surface area contributed by atoms with Crippen molar-refractivity contribution in [1.82, 2.24) is 0 Å². The third-order valence-corrected chi connectivity index (χ3v) is 8.36. The largest absolute Gasteiger partial charge is 0.494 e. The zero-order valence-electron chi connectivity index (χ0n) is 22.1. The number of hydrogen-bond donors (Lipinski definition) is 0. The summed E-state index contributed by atoms with van der Waals surface area (Å²) in [6, 6.07) is 7.56. The maximum absolute atomic E-state index is 12.6. The molecule has 3 heteroatoms. The molecule has 34 heavy (non-hydrogen) atoms. The van der Waals surface area contributed by atoms with Crippen molar-refractivity contribution in [2.75, 3.05) is 6.61 Å². The van der Waals surface area contributed by atoms with Gasteiger partial charge in [0, 0.05) is 0 Å². The number of esters is 1. The van der Waals surface area contributed by atoms with Crippen LogP contribution in [0.25, 0.3) is 0 Å². The van der Waals surface area contributed by atoms with Gasteiger partial charge in [-0.1, -0.05) is 84.5 Å². The van der Waals surface area contributed by atoms with Crippen molar-refractivity contribution in [2.24, 2.45) is 17.8 Å². The Bertz CT molecular complexity index is 674. The third kappa shape index (κ3) is 9.27. The van der Waals surface area contributed by atoms with E-state index in [1.165, 1.54) is 89.9 Å². The molecule has 3 nitrogen and oxygen atoms in total. The predicted octanol–water partition coefficient (Wildman–Crippen LogP) is 9.14. The fraction of sp³-hybridized carbons (Fsp3) is 0.774. The Hall–Kier alpha value is -1.51. The van der Waals surface area contributed by atoms with Crippen molar-refractivity contribution in [1.29, 1.82) is 0 Å². The molecule has 0 spiro atoms. The lowest BCUT2D eigenvalue weighted by atomic mass is 9.74. The van der Waals surface area contributed by atoms with Gasteiger partial charge in [0.1, 0.15) is 11.9 Å². The molecule has 2 aliphatic rings. The molecule has 0 aromatic heterocycles. The fourth-order valence-electron chi connectivity index (χ4n) is 6.17. The summed E-state index contributed by atoms with van der Waals surface area (Å²) >= 11 is 0. The molecular formula is C31H50O3. The van der Waals surface area contributed by atoms with Crippen molar-refractivity contribution in [3.63, 3.8) is 0 Å². The van der Waals surface area contributed by atoms with Crippen LogP contribution in [0, 0.1) is 17.8 Å². The molecule has 3 rings (SSSR count). The van der Waals surface area contributed by atoms with E-state index < -0.39 is 0 Å². The predicted molar refractivity (Wildman–Crippen MR) is 141 cm³/mol. The number of ether oxygens (including phenoxy) is 2. The number of hydrogen-bond acceptors (Lipinski definition) is 3. The Morgan fingerprint density at radius 3 is 2.06 bits per heavy atom. The van der Waals surface area contributed by atoms with Gasteiger partial charge in [-0.05, 0) is 80.5 Å². The highest BCUT2D eigenvalue weighted by molar-refractivity contribution is 5.89. The molecule has 192 valence electrons. The van der Waals surface area contributed by atoms with Gasteiger partial charge in [0.15, 0.2) is 0 Å². The summed E-state index contributed by atoms with van der Waals surface area (Å²) in [5, 5.41) is 0. The van der Waals surface area contributed by atoms with Crippen molar-refractivity contribution in [3.8, 4) is 5.75 Å². The van der Waals surface area contributed by atoms with Crippen molar-refractivity contribution in [3.05, 3.63) is 29.8 Å². The Balaban J connectivity index is 1.33. The van der Waals surface area contributed by atoms with Gasteiger partial charge in [-0.3, -0.25) is 0 Å². The van der Waals surface area contributed by atoms with E-state index in [0.717, 1.165) is 49.4 Å². The average molecular weight is 471 g/mol. The summed E-state index contributed by atoms with van der Waals surface area (Å²) in [6.07, 6.45) is 22.1. The van der Waals surface area contributed by atoms with Crippen LogP contribution in [0.3, 0.4) is 0 Å². The van der Waals surface area contributed by atoms with Gasteiger partial charge < -0.3 is 9.47 Å². The molecule has 1 aromatic carbocycles. The topological polar surface area (TPSA) is 35.5 Å². The Morgan fingerprint density at radius 1 is 0.765 bits per heavy atom. The van der Waals surface area contributed by atoms with E-state index >= 15 is 0 Å². The van der Waals surface area contributed by atoms with Crippen LogP contribution < -0.4 is 4.74 Å². The van der Waals surface area contributed by atoms with Gasteiger partial charge in [-0.2, -0.15) is 0 Å². The van der Waals surface area contributed by atoms with Gasteiger partial charge in [-0.15, -0.1) is 0 Å². The molecule has 2 aliphatic carbocycles. The minimum absolute atomic E-state index is 0.0897. The summed E-state index contributed by atoms with van der Waals surface area (Å²) < 4.78 is 11.8. The highest BCUT2D eigenvalue weighted by Crippen LogP contribution is 2.36.